The molecule has 3 aromatic carbocycles. The summed E-state index contributed by atoms with van der Waals surface area (Å²) in [6.45, 7) is 7.10. The van der Waals surface area contributed by atoms with Crippen LogP contribution in [0, 0.1) is 5.82 Å². The van der Waals surface area contributed by atoms with E-state index in [-0.39, 0.29) is 23.7 Å². The number of amides is 1. The van der Waals surface area contributed by atoms with Crippen LogP contribution in [0.3, 0.4) is 0 Å². The lowest BCUT2D eigenvalue weighted by molar-refractivity contribution is 0.0595. The van der Waals surface area contributed by atoms with E-state index in [4.69, 9.17) is 14.2 Å². The minimum absolute atomic E-state index is 0.127. The summed E-state index contributed by atoms with van der Waals surface area (Å²) in [5.41, 5.74) is 3.49. The first-order valence-electron chi connectivity index (χ1n) is 13.0. The quantitative estimate of drug-likeness (QED) is 0.163. The molecule has 1 aromatic heterocycles. The Morgan fingerprint density at radius 1 is 0.950 bits per heavy atom. The van der Waals surface area contributed by atoms with Crippen LogP contribution in [-0.2, 0) is 22.5 Å². The third kappa shape index (κ3) is 7.66. The van der Waals surface area contributed by atoms with E-state index in [1.54, 1.807) is 18.3 Å². The number of rotatable bonds is 10. The Hall–Kier alpha value is -4.24. The number of fused-ring (bicyclic) bond motifs is 1. The number of hydrogen-bond donors (Lipinski definition) is 1. The molecule has 0 saturated heterocycles. The third-order valence-corrected chi connectivity index (χ3v) is 7.96. The van der Waals surface area contributed by atoms with Crippen molar-refractivity contribution in [1.29, 1.82) is 0 Å². The zero-order chi connectivity index (χ0) is 28.7. The highest BCUT2D eigenvalue weighted by atomic mass is 28.3. The van der Waals surface area contributed by atoms with Gasteiger partial charge in [-0.1, -0.05) is 62.1 Å². The fourth-order valence-electron chi connectivity index (χ4n) is 4.08. The van der Waals surface area contributed by atoms with Gasteiger partial charge in [-0.2, -0.15) is 0 Å². The van der Waals surface area contributed by atoms with Crippen LogP contribution < -0.4 is 10.1 Å². The zero-order valence-electron chi connectivity index (χ0n) is 23.1. The second-order valence-corrected chi connectivity index (χ2v) is 16.3. The molecule has 208 valence electrons. The molecule has 0 saturated carbocycles. The maximum absolute atomic E-state index is 13.4. The van der Waals surface area contributed by atoms with Crippen molar-refractivity contribution in [3.8, 4) is 5.75 Å². The van der Waals surface area contributed by atoms with Crippen molar-refractivity contribution in [3.63, 3.8) is 0 Å². The van der Waals surface area contributed by atoms with Gasteiger partial charge in [-0.3, -0.25) is 10.3 Å². The smallest absolute Gasteiger partial charge is 0.411 e. The number of aromatic nitrogens is 1. The molecule has 0 aliphatic rings. The van der Waals surface area contributed by atoms with Crippen molar-refractivity contribution in [2.24, 2.45) is 0 Å². The van der Waals surface area contributed by atoms with E-state index >= 15 is 0 Å². The van der Waals surface area contributed by atoms with Gasteiger partial charge < -0.3 is 14.2 Å². The Balaban J connectivity index is 1.75. The number of methoxy groups -OCH3 is 1. The summed E-state index contributed by atoms with van der Waals surface area (Å²) in [5.74, 6) is -0.691. The SMILES string of the molecule is COC(=O)c1cc(NC(=O)OCC[Si](C)(C)C)c2cc(Cc3ccc(F)cc3)cnc2c1OCc1ccccc1. The number of halogens is 1. The molecule has 0 aliphatic carbocycles. The molecular formula is C31H33FN2O5Si. The fourth-order valence-corrected chi connectivity index (χ4v) is 4.80. The Labute approximate surface area is 234 Å². The van der Waals surface area contributed by atoms with E-state index < -0.39 is 20.1 Å². The Morgan fingerprint density at radius 3 is 2.35 bits per heavy atom. The molecule has 0 aliphatic heterocycles. The van der Waals surface area contributed by atoms with Crippen molar-refractivity contribution >= 4 is 36.7 Å². The zero-order valence-corrected chi connectivity index (χ0v) is 24.1. The van der Waals surface area contributed by atoms with Crippen molar-refractivity contribution < 1.29 is 28.2 Å². The maximum atomic E-state index is 13.4. The first kappa shape index (κ1) is 28.8. The van der Waals surface area contributed by atoms with E-state index in [1.165, 1.54) is 25.3 Å². The molecule has 1 amide bonds. The molecule has 1 heterocycles. The average molecular weight is 561 g/mol. The van der Waals surface area contributed by atoms with Crippen LogP contribution in [0.15, 0.2) is 72.9 Å². The van der Waals surface area contributed by atoms with Crippen LogP contribution in [0.25, 0.3) is 10.9 Å². The average Bonchev–Trinajstić information content (AvgIpc) is 2.93. The van der Waals surface area contributed by atoms with E-state index in [9.17, 15) is 14.0 Å². The van der Waals surface area contributed by atoms with E-state index in [0.717, 1.165) is 22.7 Å². The Morgan fingerprint density at radius 2 is 1.68 bits per heavy atom. The molecular weight excluding hydrogens is 527 g/mol. The molecule has 7 nitrogen and oxygen atoms in total. The van der Waals surface area contributed by atoms with Crippen LogP contribution in [0.1, 0.15) is 27.0 Å². The van der Waals surface area contributed by atoms with Crippen molar-refractivity contribution in [1.82, 2.24) is 4.98 Å². The fraction of sp³-hybridized carbons (Fsp3) is 0.258. The van der Waals surface area contributed by atoms with Gasteiger partial charge in [-0.15, -0.1) is 0 Å². The summed E-state index contributed by atoms with van der Waals surface area (Å²) in [6.07, 6.45) is 1.54. The van der Waals surface area contributed by atoms with E-state index in [2.05, 4.69) is 29.9 Å². The minimum Gasteiger partial charge on any atom is -0.486 e. The summed E-state index contributed by atoms with van der Waals surface area (Å²) in [7, 11) is -0.115. The van der Waals surface area contributed by atoms with E-state index in [1.807, 2.05) is 36.4 Å². The maximum Gasteiger partial charge on any atom is 0.411 e. The third-order valence-electron chi connectivity index (χ3n) is 6.26. The predicted octanol–water partition coefficient (Wildman–Crippen LogP) is 7.22. The topological polar surface area (TPSA) is 86.8 Å². The van der Waals surface area contributed by atoms with E-state index in [0.29, 0.717) is 29.6 Å². The van der Waals surface area contributed by atoms with Gasteiger partial charge in [0.15, 0.2) is 5.75 Å². The first-order chi connectivity index (χ1) is 19.1. The minimum atomic E-state index is -1.40. The largest absolute Gasteiger partial charge is 0.486 e. The summed E-state index contributed by atoms with van der Waals surface area (Å²) < 4.78 is 30.1. The number of nitrogens with one attached hydrogen (secondary N) is 1. The molecule has 4 rings (SSSR count). The van der Waals surface area contributed by atoms with Crippen LogP contribution in [0.4, 0.5) is 14.9 Å². The second-order valence-electron chi connectivity index (χ2n) is 10.7. The number of carbonyl (C=O) groups is 2. The number of esters is 1. The molecule has 9 heteroatoms. The number of pyridine rings is 1. The molecule has 0 unspecified atom stereocenters. The van der Waals surface area contributed by atoms with Crippen LogP contribution in [0.2, 0.25) is 25.7 Å². The monoisotopic (exact) mass is 560 g/mol. The Kier molecular flexibility index (Phi) is 9.16. The normalized spacial score (nSPS) is 11.2. The molecule has 1 N–H and O–H groups in total. The van der Waals surface area contributed by atoms with Gasteiger partial charge in [0, 0.05) is 19.7 Å². The predicted molar refractivity (Wildman–Crippen MR) is 156 cm³/mol. The molecule has 40 heavy (non-hydrogen) atoms. The summed E-state index contributed by atoms with van der Waals surface area (Å²) in [4.78, 5) is 30.3. The molecule has 0 fully saturated rings. The highest BCUT2D eigenvalue weighted by Gasteiger charge is 2.23. The molecule has 0 spiro atoms. The number of ether oxygens (including phenoxy) is 3. The number of nitrogens with zero attached hydrogens (tertiary/aromatic N) is 1. The van der Waals surface area contributed by atoms with Gasteiger partial charge in [-0.05, 0) is 53.4 Å². The number of benzene rings is 3. The molecule has 0 atom stereocenters. The van der Waals surface area contributed by atoms with Crippen molar-refractivity contribution in [2.45, 2.75) is 38.7 Å². The summed E-state index contributed by atoms with van der Waals surface area (Å²) in [5, 5.41) is 3.36. The van der Waals surface area contributed by atoms with Crippen LogP contribution in [-0.4, -0.2) is 38.8 Å². The molecule has 4 aromatic rings. The lowest BCUT2D eigenvalue weighted by atomic mass is 10.0. The Bertz CT molecular complexity index is 1490. The standard InChI is InChI=1S/C31H33FN2O5Si/c1-37-30(35)26-18-27(34-31(36)38-14-15-40(2,3)4)25-17-23(16-21-10-12-24(32)13-11-21)19-33-28(25)29(26)39-20-22-8-6-5-7-9-22/h5-13,17-19H,14-16,20H2,1-4H3,(H,34,36). The first-order valence-corrected chi connectivity index (χ1v) is 16.7. The number of hydrogen-bond acceptors (Lipinski definition) is 6. The second kappa shape index (κ2) is 12.7. The van der Waals surface area contributed by atoms with Crippen molar-refractivity contribution in [3.05, 3.63) is 101 Å². The lowest BCUT2D eigenvalue weighted by Gasteiger charge is -2.18. The summed E-state index contributed by atoms with van der Waals surface area (Å²) in [6, 6.07) is 20.0. The van der Waals surface area contributed by atoms with Gasteiger partial charge in [0.2, 0.25) is 0 Å². The lowest BCUT2D eigenvalue weighted by Crippen LogP contribution is -2.24. The van der Waals surface area contributed by atoms with Crippen LogP contribution in [0.5, 0.6) is 5.75 Å². The highest BCUT2D eigenvalue weighted by molar-refractivity contribution is 6.76. The molecule has 0 bridgehead atoms. The highest BCUT2D eigenvalue weighted by Crippen LogP contribution is 2.36. The van der Waals surface area contributed by atoms with Gasteiger partial charge >= 0.3 is 12.1 Å². The van der Waals surface area contributed by atoms with Gasteiger partial charge in [0.05, 0.1) is 19.4 Å². The number of carbonyl (C=O) groups excluding carboxylic acids is 2. The van der Waals surface area contributed by atoms with Crippen molar-refractivity contribution in [2.75, 3.05) is 19.0 Å². The summed E-state index contributed by atoms with van der Waals surface area (Å²) >= 11 is 0. The van der Waals surface area contributed by atoms with Gasteiger partial charge in [0.25, 0.3) is 0 Å². The van der Waals surface area contributed by atoms with Crippen LogP contribution >= 0.6 is 0 Å². The number of anilines is 1. The van der Waals surface area contributed by atoms with Gasteiger partial charge in [-0.25, -0.2) is 14.0 Å². The van der Waals surface area contributed by atoms with Gasteiger partial charge in [0.1, 0.15) is 23.5 Å². The molecule has 0 radical (unpaired) electrons.